The molecular weight excluding hydrogens is 358 g/mol. The highest BCUT2D eigenvalue weighted by Gasteiger charge is 2.19. The number of para-hydroxylation sites is 1. The lowest BCUT2D eigenvalue weighted by Crippen LogP contribution is -2.33. The smallest absolute Gasteiger partial charge is 0.281 e. The van der Waals surface area contributed by atoms with Crippen molar-refractivity contribution in [2.24, 2.45) is 5.10 Å². The summed E-state index contributed by atoms with van der Waals surface area (Å²) < 4.78 is 1.52. The number of H-pyrrole nitrogens is 1. The van der Waals surface area contributed by atoms with Gasteiger partial charge in [0, 0.05) is 17.8 Å². The summed E-state index contributed by atoms with van der Waals surface area (Å²) in [6.45, 7) is 4.49. The molecule has 0 radical (unpaired) electrons. The molecule has 0 saturated carbocycles. The Morgan fingerprint density at radius 2 is 1.74 bits per heavy atom. The maximum atomic E-state index is 13.2. The predicted octanol–water partition coefficient (Wildman–Crippen LogP) is 2.71. The molecule has 0 unspecified atom stereocenters. The minimum Gasteiger partial charge on any atom is -0.362 e. The first-order valence-electron chi connectivity index (χ1n) is 8.66. The summed E-state index contributed by atoms with van der Waals surface area (Å²) in [5.41, 5.74) is 6.00. The van der Waals surface area contributed by atoms with Crippen molar-refractivity contribution in [1.29, 1.82) is 0 Å². The van der Waals surface area contributed by atoms with Crippen molar-refractivity contribution in [3.63, 3.8) is 0 Å². The van der Waals surface area contributed by atoms with Crippen LogP contribution in [-0.2, 0) is 0 Å². The van der Waals surface area contributed by atoms with E-state index in [1.807, 2.05) is 74.5 Å². The van der Waals surface area contributed by atoms with Gasteiger partial charge in [-0.1, -0.05) is 48.5 Å². The van der Waals surface area contributed by atoms with Crippen LogP contribution in [0.5, 0.6) is 0 Å². The summed E-state index contributed by atoms with van der Waals surface area (Å²) in [5, 5.41) is 11.0. The highest BCUT2D eigenvalue weighted by atomic mass is 32.1. The number of aromatic amines is 1. The molecule has 1 heterocycles. The zero-order valence-corrected chi connectivity index (χ0v) is 16.0. The van der Waals surface area contributed by atoms with Gasteiger partial charge in [-0.2, -0.15) is 5.10 Å². The SMILES string of the molecule is CCNC(=S)NN=C(c1ccccc1)c1c(C)[nH]n(-c2ccccc2)c1=O. The molecule has 0 atom stereocenters. The molecule has 3 rings (SSSR count). The molecule has 138 valence electrons. The monoisotopic (exact) mass is 379 g/mol. The van der Waals surface area contributed by atoms with Crippen molar-refractivity contribution < 1.29 is 0 Å². The summed E-state index contributed by atoms with van der Waals surface area (Å²) in [5.74, 6) is 0. The Bertz CT molecular complexity index is 1010. The second kappa shape index (κ2) is 8.46. The number of thiocarbonyl (C=S) groups is 1. The molecule has 0 fully saturated rings. The van der Waals surface area contributed by atoms with Gasteiger partial charge in [0.2, 0.25) is 0 Å². The fourth-order valence-electron chi connectivity index (χ4n) is 2.75. The normalized spacial score (nSPS) is 11.3. The van der Waals surface area contributed by atoms with E-state index in [9.17, 15) is 4.79 Å². The van der Waals surface area contributed by atoms with E-state index in [0.717, 1.165) is 16.9 Å². The molecular formula is C20H21N5OS. The molecule has 7 heteroatoms. The summed E-state index contributed by atoms with van der Waals surface area (Å²) in [6, 6.07) is 19.0. The van der Waals surface area contributed by atoms with Crippen molar-refractivity contribution in [3.8, 4) is 5.69 Å². The van der Waals surface area contributed by atoms with Gasteiger partial charge in [0.05, 0.1) is 11.3 Å². The summed E-state index contributed by atoms with van der Waals surface area (Å²) >= 11 is 5.20. The van der Waals surface area contributed by atoms with Gasteiger partial charge in [0.15, 0.2) is 5.11 Å². The first kappa shape index (κ1) is 18.6. The fourth-order valence-corrected chi connectivity index (χ4v) is 2.94. The van der Waals surface area contributed by atoms with Crippen LogP contribution < -0.4 is 16.3 Å². The second-order valence-electron chi connectivity index (χ2n) is 5.89. The van der Waals surface area contributed by atoms with Crippen molar-refractivity contribution in [2.45, 2.75) is 13.8 Å². The lowest BCUT2D eigenvalue weighted by Gasteiger charge is -2.08. The minimum atomic E-state index is -0.169. The number of aryl methyl sites for hydroxylation is 1. The molecule has 0 saturated heterocycles. The molecule has 27 heavy (non-hydrogen) atoms. The lowest BCUT2D eigenvalue weighted by atomic mass is 10.0. The topological polar surface area (TPSA) is 74.2 Å². The molecule has 2 aromatic carbocycles. The zero-order chi connectivity index (χ0) is 19.2. The molecule has 0 aliphatic heterocycles. The van der Waals surface area contributed by atoms with Gasteiger partial charge < -0.3 is 5.32 Å². The Balaban J connectivity index is 2.11. The Hall–Kier alpha value is -3.19. The molecule has 3 aromatic rings. The standard InChI is InChI=1S/C20H21N5OS/c1-3-21-20(27)23-22-18(15-10-6-4-7-11-15)17-14(2)24-25(19(17)26)16-12-8-5-9-13-16/h4-13,24H,3H2,1-2H3,(H2,21,23,27). The molecule has 0 aliphatic carbocycles. The van der Waals surface area contributed by atoms with Gasteiger partial charge in [0.25, 0.3) is 5.56 Å². The Morgan fingerprint density at radius 1 is 1.11 bits per heavy atom. The number of aromatic nitrogens is 2. The van der Waals surface area contributed by atoms with Crippen LogP contribution in [0.2, 0.25) is 0 Å². The molecule has 1 aromatic heterocycles. The minimum absolute atomic E-state index is 0.169. The molecule has 0 spiro atoms. The summed E-state index contributed by atoms with van der Waals surface area (Å²) in [6.07, 6.45) is 0. The molecule has 0 aliphatic rings. The Kier molecular flexibility index (Phi) is 5.83. The summed E-state index contributed by atoms with van der Waals surface area (Å²) in [7, 11) is 0. The second-order valence-corrected chi connectivity index (χ2v) is 6.29. The maximum Gasteiger partial charge on any atom is 0.281 e. The van der Waals surface area contributed by atoms with E-state index in [-0.39, 0.29) is 5.56 Å². The average Bonchev–Trinajstić information content (AvgIpc) is 2.99. The number of benzene rings is 2. The fraction of sp³-hybridized carbons (Fsp3) is 0.150. The average molecular weight is 379 g/mol. The van der Waals surface area contributed by atoms with E-state index in [2.05, 4.69) is 20.9 Å². The van der Waals surface area contributed by atoms with Crippen LogP contribution in [0.15, 0.2) is 70.6 Å². The summed E-state index contributed by atoms with van der Waals surface area (Å²) in [4.78, 5) is 13.2. The van der Waals surface area contributed by atoms with Crippen LogP contribution in [0.4, 0.5) is 0 Å². The Labute approximate surface area is 162 Å². The first-order valence-corrected chi connectivity index (χ1v) is 9.07. The molecule has 6 nitrogen and oxygen atoms in total. The van der Waals surface area contributed by atoms with E-state index < -0.39 is 0 Å². The van der Waals surface area contributed by atoms with Crippen LogP contribution in [0.1, 0.15) is 23.7 Å². The largest absolute Gasteiger partial charge is 0.362 e. The molecule has 3 N–H and O–H groups in total. The maximum absolute atomic E-state index is 13.2. The van der Waals surface area contributed by atoms with Crippen LogP contribution >= 0.6 is 12.2 Å². The van der Waals surface area contributed by atoms with Crippen LogP contribution in [0.3, 0.4) is 0 Å². The van der Waals surface area contributed by atoms with Gasteiger partial charge in [-0.25, -0.2) is 4.68 Å². The van der Waals surface area contributed by atoms with Gasteiger partial charge in [-0.15, -0.1) is 0 Å². The third kappa shape index (κ3) is 4.15. The van der Waals surface area contributed by atoms with E-state index in [0.29, 0.717) is 22.9 Å². The number of hydrogen-bond donors (Lipinski definition) is 3. The zero-order valence-electron chi connectivity index (χ0n) is 15.2. The van der Waals surface area contributed by atoms with E-state index in [1.54, 1.807) is 0 Å². The highest BCUT2D eigenvalue weighted by molar-refractivity contribution is 7.80. The number of rotatable bonds is 5. The van der Waals surface area contributed by atoms with Gasteiger partial charge in [0.1, 0.15) is 5.71 Å². The van der Waals surface area contributed by atoms with E-state index in [1.165, 1.54) is 4.68 Å². The van der Waals surface area contributed by atoms with E-state index in [4.69, 9.17) is 12.2 Å². The van der Waals surface area contributed by atoms with Gasteiger partial charge in [-0.3, -0.25) is 15.3 Å². The number of hydrogen-bond acceptors (Lipinski definition) is 3. The van der Waals surface area contributed by atoms with Crippen molar-refractivity contribution in [3.05, 3.63) is 87.8 Å². The number of nitrogens with one attached hydrogen (secondary N) is 3. The third-order valence-corrected chi connectivity index (χ3v) is 4.21. The van der Waals surface area contributed by atoms with Gasteiger partial charge in [-0.05, 0) is 38.2 Å². The highest BCUT2D eigenvalue weighted by Crippen LogP contribution is 2.13. The van der Waals surface area contributed by atoms with Crippen LogP contribution in [0.25, 0.3) is 5.69 Å². The first-order chi connectivity index (χ1) is 13.1. The van der Waals surface area contributed by atoms with E-state index >= 15 is 0 Å². The van der Waals surface area contributed by atoms with Gasteiger partial charge >= 0.3 is 0 Å². The predicted molar refractivity (Wildman–Crippen MR) is 113 cm³/mol. The molecule has 0 bridgehead atoms. The molecule has 0 amide bonds. The van der Waals surface area contributed by atoms with Crippen LogP contribution in [-0.4, -0.2) is 27.1 Å². The number of nitrogens with zero attached hydrogens (tertiary/aromatic N) is 2. The Morgan fingerprint density at radius 3 is 2.37 bits per heavy atom. The van der Waals surface area contributed by atoms with Crippen LogP contribution in [0, 0.1) is 6.92 Å². The third-order valence-electron chi connectivity index (χ3n) is 3.98. The van der Waals surface area contributed by atoms with Crippen molar-refractivity contribution in [2.75, 3.05) is 6.54 Å². The number of hydrazone groups is 1. The van der Waals surface area contributed by atoms with Crippen molar-refractivity contribution in [1.82, 2.24) is 20.5 Å². The quantitative estimate of drug-likeness (QED) is 0.362. The lowest BCUT2D eigenvalue weighted by molar-refractivity contribution is 0.835. The van der Waals surface area contributed by atoms with Crippen molar-refractivity contribution >= 4 is 23.0 Å².